The summed E-state index contributed by atoms with van der Waals surface area (Å²) in [6.45, 7) is 0.889. The summed E-state index contributed by atoms with van der Waals surface area (Å²) in [4.78, 5) is 62.0. The summed E-state index contributed by atoms with van der Waals surface area (Å²) in [7, 11) is 0. The molecular formula is C27H27N5O5. The Bertz CT molecular complexity index is 1280. The molecule has 2 aliphatic heterocycles. The van der Waals surface area contributed by atoms with Crippen LogP contribution in [0.4, 0.5) is 0 Å². The maximum Gasteiger partial charge on any atom is 0.273 e. The summed E-state index contributed by atoms with van der Waals surface area (Å²) in [5.41, 5.74) is 1.67. The first-order chi connectivity index (χ1) is 18.0. The fraction of sp³-hybridized carbons (Fsp3) is 0.333. The van der Waals surface area contributed by atoms with Crippen molar-refractivity contribution in [3.05, 3.63) is 72.5 Å². The zero-order valence-electron chi connectivity index (χ0n) is 20.2. The van der Waals surface area contributed by atoms with E-state index in [1.807, 2.05) is 0 Å². The highest BCUT2D eigenvalue weighted by Gasteiger charge is 2.51. The highest BCUT2D eigenvalue weighted by atomic mass is 16.3. The van der Waals surface area contributed by atoms with Crippen molar-refractivity contribution < 1.29 is 23.6 Å². The van der Waals surface area contributed by atoms with Crippen LogP contribution in [0.5, 0.6) is 0 Å². The van der Waals surface area contributed by atoms with Crippen LogP contribution in [0.2, 0.25) is 0 Å². The van der Waals surface area contributed by atoms with Crippen molar-refractivity contribution in [2.75, 3.05) is 19.6 Å². The number of hydrogen-bond acceptors (Lipinski definition) is 7. The molecule has 2 fully saturated rings. The Labute approximate surface area is 213 Å². The molecule has 10 nitrogen and oxygen atoms in total. The monoisotopic (exact) mass is 501 g/mol. The summed E-state index contributed by atoms with van der Waals surface area (Å²) >= 11 is 0. The third kappa shape index (κ3) is 5.13. The molecule has 2 unspecified atom stereocenters. The minimum Gasteiger partial charge on any atom is -0.444 e. The van der Waals surface area contributed by atoms with Gasteiger partial charge in [0.2, 0.25) is 5.91 Å². The van der Waals surface area contributed by atoms with E-state index in [1.54, 1.807) is 64.7 Å². The number of nitrogens with one attached hydrogen (secondary N) is 1. The van der Waals surface area contributed by atoms with Crippen molar-refractivity contribution >= 4 is 23.5 Å². The van der Waals surface area contributed by atoms with Crippen LogP contribution < -0.4 is 5.32 Å². The lowest BCUT2D eigenvalue weighted by Gasteiger charge is -2.24. The Kier molecular flexibility index (Phi) is 7.07. The molecule has 1 aromatic carbocycles. The number of oxazole rings is 1. The molecule has 0 saturated carbocycles. The lowest BCUT2D eigenvalue weighted by Crippen LogP contribution is -2.43. The Morgan fingerprint density at radius 2 is 1.89 bits per heavy atom. The largest absolute Gasteiger partial charge is 0.444 e. The van der Waals surface area contributed by atoms with Gasteiger partial charge in [0.25, 0.3) is 11.8 Å². The van der Waals surface area contributed by atoms with Gasteiger partial charge >= 0.3 is 0 Å². The third-order valence-electron chi connectivity index (χ3n) is 6.85. The zero-order valence-corrected chi connectivity index (χ0v) is 20.2. The van der Waals surface area contributed by atoms with E-state index in [0.717, 1.165) is 5.56 Å². The fourth-order valence-electron chi connectivity index (χ4n) is 5.00. The van der Waals surface area contributed by atoms with Gasteiger partial charge in [-0.1, -0.05) is 18.2 Å². The van der Waals surface area contributed by atoms with Gasteiger partial charge in [-0.05, 0) is 43.5 Å². The lowest BCUT2D eigenvalue weighted by molar-refractivity contribution is -0.136. The van der Waals surface area contributed by atoms with Crippen molar-refractivity contribution in [1.82, 2.24) is 25.1 Å². The summed E-state index contributed by atoms with van der Waals surface area (Å²) in [5, 5.41) is 2.87. The van der Waals surface area contributed by atoms with E-state index in [2.05, 4.69) is 15.3 Å². The van der Waals surface area contributed by atoms with Crippen LogP contribution in [0.1, 0.15) is 46.5 Å². The Morgan fingerprint density at radius 1 is 1.05 bits per heavy atom. The van der Waals surface area contributed by atoms with Crippen molar-refractivity contribution in [1.29, 1.82) is 0 Å². The minimum absolute atomic E-state index is 0.0000658. The van der Waals surface area contributed by atoms with Crippen molar-refractivity contribution in [2.45, 2.75) is 37.8 Å². The molecule has 190 valence electrons. The van der Waals surface area contributed by atoms with Crippen molar-refractivity contribution in [3.63, 3.8) is 0 Å². The summed E-state index contributed by atoms with van der Waals surface area (Å²) in [6.07, 6.45) is 6.59. The Balaban J connectivity index is 1.06. The van der Waals surface area contributed by atoms with Crippen LogP contribution in [0.25, 0.3) is 11.3 Å². The van der Waals surface area contributed by atoms with Crippen LogP contribution in [-0.2, 0) is 9.59 Å². The van der Waals surface area contributed by atoms with Gasteiger partial charge in [-0.2, -0.15) is 0 Å². The Hall–Kier alpha value is -4.34. The number of fused-ring (bicyclic) bond motifs is 1. The molecule has 0 bridgehead atoms. The zero-order chi connectivity index (χ0) is 25.8. The molecule has 2 aromatic heterocycles. The maximum atomic E-state index is 12.9. The SMILES string of the molecule is O=C(NCCCCC(=O)N1CCC2C1C(=O)CN2C(=O)c1ccccn1)c1ccc(-c2cnco2)cc1. The van der Waals surface area contributed by atoms with Gasteiger partial charge in [0.15, 0.2) is 17.9 Å². The van der Waals surface area contributed by atoms with Crippen LogP contribution in [0, 0.1) is 0 Å². The van der Waals surface area contributed by atoms with Gasteiger partial charge in [-0.3, -0.25) is 24.2 Å². The second kappa shape index (κ2) is 10.7. The number of Topliss-reactive ketones (excluding diaryl/α,β-unsaturated/α-hetero) is 1. The second-order valence-electron chi connectivity index (χ2n) is 9.16. The van der Waals surface area contributed by atoms with E-state index < -0.39 is 6.04 Å². The average Bonchev–Trinajstić information content (AvgIpc) is 3.68. The van der Waals surface area contributed by atoms with E-state index in [9.17, 15) is 19.2 Å². The predicted molar refractivity (Wildman–Crippen MR) is 132 cm³/mol. The van der Waals surface area contributed by atoms with E-state index in [0.29, 0.717) is 49.4 Å². The number of benzene rings is 1. The first-order valence-corrected chi connectivity index (χ1v) is 12.3. The van der Waals surface area contributed by atoms with Gasteiger partial charge in [-0.15, -0.1) is 0 Å². The van der Waals surface area contributed by atoms with Gasteiger partial charge in [0, 0.05) is 36.8 Å². The molecule has 10 heteroatoms. The van der Waals surface area contributed by atoms with Crippen molar-refractivity contribution in [3.8, 4) is 11.3 Å². The number of rotatable bonds is 8. The number of amides is 3. The molecule has 0 radical (unpaired) electrons. The van der Waals surface area contributed by atoms with Gasteiger partial charge < -0.3 is 19.5 Å². The molecule has 37 heavy (non-hydrogen) atoms. The summed E-state index contributed by atoms with van der Waals surface area (Å²) in [6, 6.07) is 11.2. The lowest BCUT2D eigenvalue weighted by atomic mass is 10.1. The first-order valence-electron chi connectivity index (χ1n) is 12.3. The molecule has 4 heterocycles. The topological polar surface area (TPSA) is 126 Å². The number of nitrogens with zero attached hydrogens (tertiary/aromatic N) is 4. The fourth-order valence-corrected chi connectivity index (χ4v) is 5.00. The number of likely N-dealkylation sites (tertiary alicyclic amines) is 2. The summed E-state index contributed by atoms with van der Waals surface area (Å²) in [5.74, 6) is -0.0389. The molecule has 2 atom stereocenters. The third-order valence-corrected chi connectivity index (χ3v) is 6.85. The summed E-state index contributed by atoms with van der Waals surface area (Å²) < 4.78 is 5.25. The highest BCUT2D eigenvalue weighted by molar-refractivity contribution is 6.01. The standard InChI is InChI=1S/C27H27N5O5/c33-22-16-32(27(36)20-5-1-3-12-29-20)21-11-14-31(25(21)22)24(34)6-2-4-13-30-26(35)19-9-7-18(8-10-19)23-15-28-17-37-23/h1,3,5,7-10,12,15,17,21,25H,2,4,6,11,13-14,16H2,(H,30,35). The number of unbranched alkanes of at least 4 members (excludes halogenated alkanes) is 1. The second-order valence-corrected chi connectivity index (χ2v) is 9.16. The molecule has 2 saturated heterocycles. The van der Waals surface area contributed by atoms with E-state index >= 15 is 0 Å². The van der Waals surface area contributed by atoms with Gasteiger partial charge in [-0.25, -0.2) is 4.98 Å². The number of carbonyl (C=O) groups is 4. The number of pyridine rings is 1. The number of ketones is 1. The quantitative estimate of drug-likeness (QED) is 0.470. The van der Waals surface area contributed by atoms with Gasteiger partial charge in [0.05, 0.1) is 18.8 Å². The predicted octanol–water partition coefficient (Wildman–Crippen LogP) is 2.33. The molecule has 5 rings (SSSR count). The molecule has 0 aliphatic carbocycles. The Morgan fingerprint density at radius 3 is 2.62 bits per heavy atom. The smallest absolute Gasteiger partial charge is 0.273 e. The normalized spacial score (nSPS) is 18.6. The highest BCUT2D eigenvalue weighted by Crippen LogP contribution is 2.31. The number of aromatic nitrogens is 2. The van der Waals surface area contributed by atoms with E-state index in [4.69, 9.17) is 4.42 Å². The van der Waals surface area contributed by atoms with Crippen LogP contribution in [-0.4, -0.2) is 75.0 Å². The minimum atomic E-state index is -0.584. The molecule has 3 amide bonds. The molecule has 0 spiro atoms. The molecular weight excluding hydrogens is 474 g/mol. The molecule has 1 N–H and O–H groups in total. The van der Waals surface area contributed by atoms with Crippen LogP contribution >= 0.6 is 0 Å². The van der Waals surface area contributed by atoms with E-state index in [-0.39, 0.29) is 42.5 Å². The van der Waals surface area contributed by atoms with Crippen molar-refractivity contribution in [2.24, 2.45) is 0 Å². The van der Waals surface area contributed by atoms with E-state index in [1.165, 1.54) is 6.39 Å². The molecule has 3 aromatic rings. The number of hydrogen-bond donors (Lipinski definition) is 1. The maximum absolute atomic E-state index is 12.9. The van der Waals surface area contributed by atoms with Crippen LogP contribution in [0.3, 0.4) is 0 Å². The first kappa shape index (κ1) is 24.4. The van der Waals surface area contributed by atoms with Gasteiger partial charge in [0.1, 0.15) is 11.7 Å². The number of carbonyl (C=O) groups excluding carboxylic acids is 4. The molecule has 2 aliphatic rings. The average molecular weight is 502 g/mol. The van der Waals surface area contributed by atoms with Crippen LogP contribution in [0.15, 0.2) is 65.7 Å².